The summed E-state index contributed by atoms with van der Waals surface area (Å²) in [6, 6.07) is 8.96. The first-order valence-electron chi connectivity index (χ1n) is 5.70. The molecular formula is C14H14N2O2. The van der Waals surface area contributed by atoms with Crippen LogP contribution in [0.2, 0.25) is 0 Å². The van der Waals surface area contributed by atoms with Gasteiger partial charge < -0.3 is 9.84 Å². The smallest absolute Gasteiger partial charge is 0.166 e. The zero-order chi connectivity index (χ0) is 12.8. The number of pyridine rings is 1. The molecule has 1 aromatic heterocycles. The van der Waals surface area contributed by atoms with Crippen molar-refractivity contribution in [2.24, 2.45) is 4.99 Å². The summed E-state index contributed by atoms with van der Waals surface area (Å²) in [5.41, 5.74) is 1.35. The van der Waals surface area contributed by atoms with E-state index in [9.17, 15) is 5.11 Å². The van der Waals surface area contributed by atoms with Gasteiger partial charge in [0.15, 0.2) is 11.5 Å². The molecular weight excluding hydrogens is 228 g/mol. The topological polar surface area (TPSA) is 54.7 Å². The molecule has 0 bridgehead atoms. The van der Waals surface area contributed by atoms with Gasteiger partial charge in [-0.15, -0.1) is 0 Å². The Balaban J connectivity index is 2.24. The summed E-state index contributed by atoms with van der Waals surface area (Å²) in [6.45, 7) is 2.38. The zero-order valence-corrected chi connectivity index (χ0v) is 10.1. The van der Waals surface area contributed by atoms with Gasteiger partial charge in [0, 0.05) is 18.0 Å². The van der Waals surface area contributed by atoms with Crippen molar-refractivity contribution in [2.45, 2.75) is 6.92 Å². The van der Waals surface area contributed by atoms with Gasteiger partial charge in [0.25, 0.3) is 0 Å². The van der Waals surface area contributed by atoms with Gasteiger partial charge in [0.05, 0.1) is 18.5 Å². The monoisotopic (exact) mass is 242 g/mol. The van der Waals surface area contributed by atoms with Gasteiger partial charge >= 0.3 is 0 Å². The molecule has 1 N–H and O–H groups in total. The molecule has 4 nitrogen and oxygen atoms in total. The van der Waals surface area contributed by atoms with E-state index in [-0.39, 0.29) is 5.75 Å². The first kappa shape index (κ1) is 12.1. The largest absolute Gasteiger partial charge is 0.504 e. The first-order chi connectivity index (χ1) is 8.81. The van der Waals surface area contributed by atoms with E-state index in [1.54, 1.807) is 30.7 Å². The van der Waals surface area contributed by atoms with Crippen LogP contribution in [0.3, 0.4) is 0 Å². The summed E-state index contributed by atoms with van der Waals surface area (Å²) in [5, 5.41) is 9.97. The number of para-hydroxylation sites is 1. The number of hydrogen-bond donors (Lipinski definition) is 1. The highest BCUT2D eigenvalue weighted by Gasteiger charge is 2.05. The number of aromatic hydroxyl groups is 1. The molecule has 0 saturated carbocycles. The van der Waals surface area contributed by atoms with Gasteiger partial charge in [0.1, 0.15) is 0 Å². The highest BCUT2D eigenvalue weighted by Crippen LogP contribution is 2.28. The van der Waals surface area contributed by atoms with Crippen molar-refractivity contribution < 1.29 is 9.84 Å². The second-order valence-corrected chi connectivity index (χ2v) is 3.60. The summed E-state index contributed by atoms with van der Waals surface area (Å²) in [4.78, 5) is 8.20. The number of ether oxygens (including phenoxy) is 1. The van der Waals surface area contributed by atoms with Crippen LogP contribution in [-0.4, -0.2) is 22.9 Å². The molecule has 2 aromatic rings. The van der Waals surface area contributed by atoms with Crippen molar-refractivity contribution in [2.75, 3.05) is 6.61 Å². The van der Waals surface area contributed by atoms with Crippen molar-refractivity contribution in [3.63, 3.8) is 0 Å². The van der Waals surface area contributed by atoms with Crippen LogP contribution in [0.25, 0.3) is 0 Å². The average molecular weight is 242 g/mol. The van der Waals surface area contributed by atoms with Gasteiger partial charge in [-0.3, -0.25) is 9.98 Å². The quantitative estimate of drug-likeness (QED) is 0.838. The fourth-order valence-electron chi connectivity index (χ4n) is 1.49. The molecule has 0 aliphatic heterocycles. The lowest BCUT2D eigenvalue weighted by atomic mass is 10.2. The maximum absolute atomic E-state index is 9.97. The standard InChI is InChI=1S/C14H14N2O2/c1-2-18-13-7-3-5-11(14(13)17)9-16-12-6-4-8-15-10-12/h3-10,17H,2H2,1H3. The maximum atomic E-state index is 9.97. The molecule has 0 aliphatic carbocycles. The fourth-order valence-corrected chi connectivity index (χ4v) is 1.49. The summed E-state index contributed by atoms with van der Waals surface area (Å²) in [6.07, 6.45) is 4.93. The van der Waals surface area contributed by atoms with E-state index in [0.29, 0.717) is 17.9 Å². The lowest BCUT2D eigenvalue weighted by Crippen LogP contribution is -1.93. The van der Waals surface area contributed by atoms with Crippen LogP contribution in [0.4, 0.5) is 5.69 Å². The normalized spacial score (nSPS) is 10.7. The Kier molecular flexibility index (Phi) is 3.91. The number of nitrogens with zero attached hydrogens (tertiary/aromatic N) is 2. The first-order valence-corrected chi connectivity index (χ1v) is 5.70. The predicted molar refractivity (Wildman–Crippen MR) is 70.8 cm³/mol. The second kappa shape index (κ2) is 5.82. The van der Waals surface area contributed by atoms with Crippen LogP contribution in [0.15, 0.2) is 47.7 Å². The Morgan fingerprint density at radius 3 is 2.94 bits per heavy atom. The van der Waals surface area contributed by atoms with E-state index in [1.165, 1.54) is 0 Å². The van der Waals surface area contributed by atoms with Crippen molar-refractivity contribution in [1.29, 1.82) is 0 Å². The Morgan fingerprint density at radius 2 is 2.22 bits per heavy atom. The second-order valence-electron chi connectivity index (χ2n) is 3.60. The minimum atomic E-state index is 0.104. The van der Waals surface area contributed by atoms with E-state index in [1.807, 2.05) is 25.1 Å². The van der Waals surface area contributed by atoms with Gasteiger partial charge in [-0.2, -0.15) is 0 Å². The Morgan fingerprint density at radius 1 is 1.33 bits per heavy atom. The minimum absolute atomic E-state index is 0.104. The van der Waals surface area contributed by atoms with Crippen LogP contribution in [-0.2, 0) is 0 Å². The molecule has 1 heterocycles. The Hall–Kier alpha value is -2.36. The fraction of sp³-hybridized carbons (Fsp3) is 0.143. The van der Waals surface area contributed by atoms with Crippen LogP contribution < -0.4 is 4.74 Å². The van der Waals surface area contributed by atoms with E-state index in [2.05, 4.69) is 9.98 Å². The SMILES string of the molecule is CCOc1cccc(C=Nc2cccnc2)c1O. The van der Waals surface area contributed by atoms with E-state index < -0.39 is 0 Å². The molecule has 0 radical (unpaired) electrons. The molecule has 1 aromatic carbocycles. The van der Waals surface area contributed by atoms with Gasteiger partial charge in [-0.25, -0.2) is 0 Å². The molecule has 2 rings (SSSR count). The number of phenols is 1. The third-order valence-corrected chi connectivity index (χ3v) is 2.33. The molecule has 0 atom stereocenters. The van der Waals surface area contributed by atoms with Crippen LogP contribution in [0.5, 0.6) is 11.5 Å². The molecule has 0 fully saturated rings. The number of phenolic OH excluding ortho intramolecular Hbond substituents is 1. The predicted octanol–water partition coefficient (Wildman–Crippen LogP) is 2.94. The zero-order valence-electron chi connectivity index (χ0n) is 10.1. The third-order valence-electron chi connectivity index (χ3n) is 2.33. The van der Waals surface area contributed by atoms with Crippen LogP contribution in [0.1, 0.15) is 12.5 Å². The molecule has 4 heteroatoms. The van der Waals surface area contributed by atoms with Crippen molar-refractivity contribution in [3.05, 3.63) is 48.3 Å². The van der Waals surface area contributed by atoms with Crippen molar-refractivity contribution in [1.82, 2.24) is 4.98 Å². The van der Waals surface area contributed by atoms with E-state index >= 15 is 0 Å². The Labute approximate surface area is 106 Å². The molecule has 0 amide bonds. The molecule has 0 aliphatic rings. The minimum Gasteiger partial charge on any atom is -0.504 e. The highest BCUT2D eigenvalue weighted by molar-refractivity contribution is 5.86. The number of aliphatic imine (C=N–C) groups is 1. The highest BCUT2D eigenvalue weighted by atomic mass is 16.5. The maximum Gasteiger partial charge on any atom is 0.166 e. The molecule has 0 saturated heterocycles. The number of aromatic nitrogens is 1. The lowest BCUT2D eigenvalue weighted by Gasteiger charge is -2.06. The van der Waals surface area contributed by atoms with E-state index in [4.69, 9.17) is 4.74 Å². The number of hydrogen-bond acceptors (Lipinski definition) is 4. The van der Waals surface area contributed by atoms with Crippen LogP contribution >= 0.6 is 0 Å². The lowest BCUT2D eigenvalue weighted by molar-refractivity contribution is 0.318. The third kappa shape index (κ3) is 2.85. The molecule has 0 spiro atoms. The Bertz CT molecular complexity index is 539. The van der Waals surface area contributed by atoms with Gasteiger partial charge in [-0.05, 0) is 31.2 Å². The summed E-state index contributed by atoms with van der Waals surface area (Å²) in [7, 11) is 0. The molecule has 0 unspecified atom stereocenters. The summed E-state index contributed by atoms with van der Waals surface area (Å²) in [5.74, 6) is 0.569. The average Bonchev–Trinajstić information content (AvgIpc) is 2.41. The summed E-state index contributed by atoms with van der Waals surface area (Å²) >= 11 is 0. The van der Waals surface area contributed by atoms with Crippen LogP contribution in [0, 0.1) is 0 Å². The van der Waals surface area contributed by atoms with Gasteiger partial charge in [0.2, 0.25) is 0 Å². The van der Waals surface area contributed by atoms with Crippen molar-refractivity contribution >= 4 is 11.9 Å². The molecule has 92 valence electrons. The number of rotatable bonds is 4. The molecule has 18 heavy (non-hydrogen) atoms. The van der Waals surface area contributed by atoms with Crippen molar-refractivity contribution in [3.8, 4) is 11.5 Å². The van der Waals surface area contributed by atoms with E-state index in [0.717, 1.165) is 5.69 Å². The number of benzene rings is 1. The van der Waals surface area contributed by atoms with Gasteiger partial charge in [-0.1, -0.05) is 6.07 Å². The summed E-state index contributed by atoms with van der Waals surface area (Å²) < 4.78 is 5.31.